The molecular formula is C42H74N4O8. The number of hydroxylamine groups is 2. The quantitative estimate of drug-likeness (QED) is 0.174. The van der Waals surface area contributed by atoms with Crippen LogP contribution in [0.4, 0.5) is 0 Å². The number of hydrogen-bond donors (Lipinski definition) is 5. The molecule has 1 heterocycles. The third-order valence-corrected chi connectivity index (χ3v) is 14.6. The molecule has 12 heteroatoms. The van der Waals surface area contributed by atoms with Gasteiger partial charge in [-0.3, -0.25) is 19.2 Å². The number of fused-ring (bicyclic) bond motifs is 2. The number of carbonyl (C=O) groups is 3. The highest BCUT2D eigenvalue weighted by atomic mass is 16.7. The summed E-state index contributed by atoms with van der Waals surface area (Å²) in [5.41, 5.74) is 0.305. The zero-order valence-electron chi connectivity index (χ0n) is 34.9. The molecule has 0 radical (unpaired) electrons. The van der Waals surface area contributed by atoms with E-state index >= 15 is 0 Å². The van der Waals surface area contributed by atoms with Gasteiger partial charge in [0, 0.05) is 50.0 Å². The van der Waals surface area contributed by atoms with Gasteiger partial charge < -0.3 is 35.6 Å². The predicted molar refractivity (Wildman–Crippen MR) is 207 cm³/mol. The smallest absolute Gasteiger partial charge is 0.306 e. The maximum Gasteiger partial charge on any atom is 0.306 e. The molecule has 0 spiro atoms. The second kappa shape index (κ2) is 17.3. The number of aliphatic hydroxyl groups excluding tert-OH is 2. The number of methoxy groups -OCH3 is 1. The van der Waals surface area contributed by atoms with Crippen LogP contribution in [0.2, 0.25) is 0 Å². The maximum atomic E-state index is 14.3. The summed E-state index contributed by atoms with van der Waals surface area (Å²) in [6.45, 7) is 15.9. The molecule has 5 saturated carbocycles. The van der Waals surface area contributed by atoms with E-state index in [9.17, 15) is 29.7 Å². The standard InChI is InChI=1S/C42H74N4O8/c1-23-32-17-29(42(32,6)7)18-33(23)44-39(50)36-35(24(2)48)34(22-47)54-46(36)20-25-12-11-13-31(37(25)53-10)26-14-27(16-28(15-26)40(51)52)38(49)43-30(21-45(8)9)19-41(3,4)5/h23-37,47-48H,11-22H2,1-10H3,(H,43,49)(H,44,50)(H,51,52)/t23-,24-,25?,26?,27?,28?,29+,30-,31?,32-,33-,34-,35+,36-,37?/m0/s1. The molecule has 6 rings (SSSR count). The van der Waals surface area contributed by atoms with Crippen LogP contribution in [-0.2, 0) is 24.0 Å². The van der Waals surface area contributed by atoms with Crippen molar-refractivity contribution in [3.63, 3.8) is 0 Å². The number of aliphatic hydroxyl groups is 2. The average molecular weight is 763 g/mol. The van der Waals surface area contributed by atoms with Gasteiger partial charge in [0.1, 0.15) is 12.1 Å². The van der Waals surface area contributed by atoms with Gasteiger partial charge in [0.2, 0.25) is 11.8 Å². The highest BCUT2D eigenvalue weighted by Gasteiger charge is 2.58. The molecule has 0 aromatic carbocycles. The first-order valence-corrected chi connectivity index (χ1v) is 21.0. The highest BCUT2D eigenvalue weighted by Crippen LogP contribution is 2.61. The fourth-order valence-electron chi connectivity index (χ4n) is 11.9. The van der Waals surface area contributed by atoms with E-state index in [2.05, 4.69) is 57.1 Å². The lowest BCUT2D eigenvalue weighted by molar-refractivity contribution is -0.193. The van der Waals surface area contributed by atoms with Crippen molar-refractivity contribution in [2.75, 3.05) is 40.9 Å². The maximum absolute atomic E-state index is 14.3. The van der Waals surface area contributed by atoms with Crippen LogP contribution in [0, 0.1) is 64.1 Å². The van der Waals surface area contributed by atoms with Gasteiger partial charge in [-0.05, 0) is 113 Å². The second-order valence-corrected chi connectivity index (χ2v) is 20.2. The molecule has 1 saturated heterocycles. The van der Waals surface area contributed by atoms with Crippen LogP contribution >= 0.6 is 0 Å². The van der Waals surface area contributed by atoms with Crippen LogP contribution in [-0.4, -0.2) is 120 Å². The van der Waals surface area contributed by atoms with E-state index in [1.54, 1.807) is 19.1 Å². The predicted octanol–water partition coefficient (Wildman–Crippen LogP) is 4.18. The van der Waals surface area contributed by atoms with E-state index in [0.29, 0.717) is 50.1 Å². The normalized spacial score (nSPS) is 39.4. The topological polar surface area (TPSA) is 161 Å². The van der Waals surface area contributed by atoms with Gasteiger partial charge in [0.25, 0.3) is 0 Å². The second-order valence-electron chi connectivity index (χ2n) is 20.2. The van der Waals surface area contributed by atoms with Gasteiger partial charge in [-0.1, -0.05) is 48.0 Å². The minimum atomic E-state index is -0.879. The third-order valence-electron chi connectivity index (χ3n) is 14.6. The molecule has 6 aliphatic rings. The van der Waals surface area contributed by atoms with Crippen LogP contribution in [0.3, 0.4) is 0 Å². The number of rotatable bonds is 14. The molecule has 12 nitrogen and oxygen atoms in total. The minimum absolute atomic E-state index is 0.0178. The van der Waals surface area contributed by atoms with Crippen molar-refractivity contribution in [2.24, 2.45) is 64.1 Å². The molecule has 1 aliphatic heterocycles. The van der Waals surface area contributed by atoms with Gasteiger partial charge in [0.15, 0.2) is 0 Å². The van der Waals surface area contributed by atoms with E-state index in [0.717, 1.165) is 32.1 Å². The van der Waals surface area contributed by atoms with Gasteiger partial charge in [0.05, 0.1) is 24.7 Å². The fraction of sp³-hybridized carbons (Fsp3) is 0.929. The SMILES string of the molecule is COC1C(CN2O[C@@H](CO)[C@@H]([C@H](C)O)[C@H]2C(=O)N[C@H]2C[C@H]3C[C@@H]([C@@H]2C)C3(C)C)CCCC1C1CC(C(=O)O)CC(C(=O)N[C@H](CN(C)C)CC(C)(C)C)C1. The van der Waals surface area contributed by atoms with Crippen molar-refractivity contribution in [3.8, 4) is 0 Å². The Morgan fingerprint density at radius 1 is 1.04 bits per heavy atom. The van der Waals surface area contributed by atoms with Crippen LogP contribution < -0.4 is 10.6 Å². The lowest BCUT2D eigenvalue weighted by atomic mass is 9.45. The van der Waals surface area contributed by atoms with Crippen LogP contribution in [0.15, 0.2) is 0 Å². The van der Waals surface area contributed by atoms with Crippen molar-refractivity contribution in [2.45, 2.75) is 143 Å². The van der Waals surface area contributed by atoms with Crippen LogP contribution in [0.1, 0.15) is 106 Å². The van der Waals surface area contributed by atoms with Crippen molar-refractivity contribution >= 4 is 17.8 Å². The van der Waals surface area contributed by atoms with E-state index in [-0.39, 0.29) is 65.2 Å². The molecule has 0 aromatic heterocycles. The number of aliphatic carboxylic acids is 1. The monoisotopic (exact) mass is 763 g/mol. The molecule has 0 aromatic rings. The number of nitrogens with zero attached hydrogens (tertiary/aromatic N) is 2. The van der Waals surface area contributed by atoms with E-state index in [1.165, 1.54) is 6.42 Å². The number of amides is 2. The first-order chi connectivity index (χ1) is 25.2. The Morgan fingerprint density at radius 2 is 1.72 bits per heavy atom. The third kappa shape index (κ3) is 9.47. The van der Waals surface area contributed by atoms with E-state index in [1.807, 2.05) is 14.1 Å². The summed E-state index contributed by atoms with van der Waals surface area (Å²) < 4.78 is 6.29. The van der Waals surface area contributed by atoms with Crippen molar-refractivity contribution in [1.29, 1.82) is 0 Å². The Hall–Kier alpha value is -1.83. The summed E-state index contributed by atoms with van der Waals surface area (Å²) in [6, 6.07) is -0.768. The number of hydrogen-bond acceptors (Lipinski definition) is 9. The Bertz CT molecular complexity index is 1300. The summed E-state index contributed by atoms with van der Waals surface area (Å²) in [4.78, 5) is 49.2. The molecular weight excluding hydrogens is 688 g/mol. The number of ether oxygens (including phenoxy) is 1. The Labute approximate surface area is 324 Å². The molecule has 2 bridgehead atoms. The first kappa shape index (κ1) is 43.3. The first-order valence-electron chi connectivity index (χ1n) is 21.0. The molecule has 6 fully saturated rings. The highest BCUT2D eigenvalue weighted by molar-refractivity contribution is 5.83. The van der Waals surface area contributed by atoms with Crippen molar-refractivity contribution in [1.82, 2.24) is 20.6 Å². The summed E-state index contributed by atoms with van der Waals surface area (Å²) in [7, 11) is 5.70. The Balaban J connectivity index is 1.32. The van der Waals surface area contributed by atoms with Crippen molar-refractivity contribution < 1.29 is 39.3 Å². The number of likely N-dealkylation sites (N-methyl/N-ethyl adjacent to an activating group) is 1. The molecule has 5 aliphatic carbocycles. The molecule has 6 unspecified atom stereocenters. The number of carboxylic acids is 1. The number of carbonyl (C=O) groups excluding carboxylic acids is 2. The fourth-order valence-corrected chi connectivity index (χ4v) is 11.9. The summed E-state index contributed by atoms with van der Waals surface area (Å²) in [5, 5.41) is 40.0. The van der Waals surface area contributed by atoms with Gasteiger partial charge in [-0.25, -0.2) is 0 Å². The van der Waals surface area contributed by atoms with Crippen LogP contribution in [0.25, 0.3) is 0 Å². The molecule has 15 atom stereocenters. The Kier molecular flexibility index (Phi) is 13.9. The molecule has 310 valence electrons. The zero-order chi connectivity index (χ0) is 39.9. The zero-order valence-corrected chi connectivity index (χ0v) is 34.9. The lowest BCUT2D eigenvalue weighted by Crippen LogP contribution is -2.62. The summed E-state index contributed by atoms with van der Waals surface area (Å²) >= 11 is 0. The number of carboxylic acid groups (broad SMARTS) is 1. The average Bonchev–Trinajstić information content (AvgIpc) is 3.46. The van der Waals surface area contributed by atoms with Gasteiger partial charge >= 0.3 is 5.97 Å². The van der Waals surface area contributed by atoms with Crippen LogP contribution in [0.5, 0.6) is 0 Å². The molecule has 5 N–H and O–H groups in total. The lowest BCUT2D eigenvalue weighted by Gasteiger charge is -2.62. The number of nitrogens with one attached hydrogen (secondary N) is 2. The minimum Gasteiger partial charge on any atom is -0.481 e. The largest absolute Gasteiger partial charge is 0.481 e. The van der Waals surface area contributed by atoms with E-state index in [4.69, 9.17) is 9.57 Å². The Morgan fingerprint density at radius 3 is 2.28 bits per heavy atom. The van der Waals surface area contributed by atoms with Crippen molar-refractivity contribution in [3.05, 3.63) is 0 Å². The van der Waals surface area contributed by atoms with E-state index < -0.39 is 42.0 Å². The summed E-state index contributed by atoms with van der Waals surface area (Å²) in [6.07, 6.45) is 5.17. The van der Waals surface area contributed by atoms with Gasteiger partial charge in [-0.2, -0.15) is 5.06 Å². The molecule has 2 amide bonds. The molecule has 54 heavy (non-hydrogen) atoms. The summed E-state index contributed by atoms with van der Waals surface area (Å²) in [5.74, 6) is -1.25. The van der Waals surface area contributed by atoms with Gasteiger partial charge in [-0.15, -0.1) is 0 Å².